The fraction of sp³-hybridized carbons (Fsp3) is 0.346. The number of nitrogens with one attached hydrogen (secondary N) is 1. The number of piperidine rings is 1. The zero-order valence-electron chi connectivity index (χ0n) is 21.3. The van der Waals surface area contributed by atoms with Crippen LogP contribution in [0.5, 0.6) is 5.75 Å². The highest BCUT2D eigenvalue weighted by molar-refractivity contribution is 7.89. The van der Waals surface area contributed by atoms with Crippen LogP contribution in [0, 0.1) is 5.92 Å². The molecule has 2 aromatic carbocycles. The summed E-state index contributed by atoms with van der Waals surface area (Å²) in [5.41, 5.74) is 1.64. The molecule has 2 atom stereocenters. The van der Waals surface area contributed by atoms with Crippen LogP contribution in [0.3, 0.4) is 0 Å². The molecule has 4 rings (SSSR count). The minimum absolute atomic E-state index is 0.0300. The second-order valence-electron chi connectivity index (χ2n) is 9.38. The Morgan fingerprint density at radius 1 is 1.15 bits per heavy atom. The van der Waals surface area contributed by atoms with Crippen LogP contribution < -0.4 is 9.46 Å². The molecular weight excluding hydrogens is 567 g/mol. The number of carbonyl (C=O) groups excluding carboxylic acids is 1. The zero-order chi connectivity index (χ0) is 28.3. The van der Waals surface area contributed by atoms with Crippen molar-refractivity contribution in [1.29, 1.82) is 0 Å². The Balaban J connectivity index is 1.54. The number of ether oxygens (including phenoxy) is 1. The number of carbonyl (C=O) groups is 2. The topological polar surface area (TPSA) is 131 Å². The monoisotopic (exact) mass is 594 g/mol. The van der Waals surface area contributed by atoms with Gasteiger partial charge >= 0.3 is 5.97 Å². The number of amides is 1. The highest BCUT2D eigenvalue weighted by Crippen LogP contribution is 2.34. The van der Waals surface area contributed by atoms with E-state index in [1.807, 2.05) is 12.1 Å². The van der Waals surface area contributed by atoms with Crippen molar-refractivity contribution in [3.63, 3.8) is 0 Å². The molecule has 39 heavy (non-hydrogen) atoms. The van der Waals surface area contributed by atoms with Crippen LogP contribution >= 0.6 is 23.2 Å². The number of hydrogen-bond donors (Lipinski definition) is 2. The van der Waals surface area contributed by atoms with E-state index in [-0.39, 0.29) is 46.1 Å². The fourth-order valence-corrected chi connectivity index (χ4v) is 6.49. The van der Waals surface area contributed by atoms with Crippen LogP contribution in [0.2, 0.25) is 10.0 Å². The van der Waals surface area contributed by atoms with E-state index in [1.54, 1.807) is 43.4 Å². The quantitative estimate of drug-likeness (QED) is 0.387. The number of carboxylic acids is 1. The molecule has 13 heteroatoms. The Hall–Kier alpha value is -3.12. The molecule has 10 nitrogen and oxygen atoms in total. The summed E-state index contributed by atoms with van der Waals surface area (Å²) in [4.78, 5) is 26.6. The van der Waals surface area contributed by atoms with Crippen LogP contribution in [0.25, 0.3) is 0 Å². The van der Waals surface area contributed by atoms with Crippen LogP contribution in [0.4, 0.5) is 0 Å². The summed E-state index contributed by atoms with van der Waals surface area (Å²) in [5, 5.41) is 13.7. The van der Waals surface area contributed by atoms with Gasteiger partial charge in [-0.25, -0.2) is 13.1 Å². The maximum Gasteiger partial charge on any atom is 0.308 e. The summed E-state index contributed by atoms with van der Waals surface area (Å²) < 4.78 is 35.5. The number of halogens is 2. The second-order valence-corrected chi connectivity index (χ2v) is 11.9. The first-order valence-electron chi connectivity index (χ1n) is 12.1. The Labute approximate surface area is 236 Å². The average Bonchev–Trinajstić information content (AvgIpc) is 3.34. The maximum absolute atomic E-state index is 13.6. The lowest BCUT2D eigenvalue weighted by molar-refractivity contribution is -0.143. The molecule has 2 heterocycles. The van der Waals surface area contributed by atoms with Gasteiger partial charge in [-0.1, -0.05) is 35.3 Å². The average molecular weight is 596 g/mol. The van der Waals surface area contributed by atoms with E-state index in [1.165, 1.54) is 11.0 Å². The minimum Gasteiger partial charge on any atom is -0.497 e. The largest absolute Gasteiger partial charge is 0.497 e. The Bertz CT molecular complexity index is 1480. The Morgan fingerprint density at radius 2 is 1.87 bits per heavy atom. The summed E-state index contributed by atoms with van der Waals surface area (Å²) in [5.74, 6) is -1.97. The molecule has 2 N–H and O–H groups in total. The molecule has 1 fully saturated rings. The van der Waals surface area contributed by atoms with E-state index < -0.39 is 27.8 Å². The van der Waals surface area contributed by atoms with E-state index in [9.17, 15) is 23.1 Å². The van der Waals surface area contributed by atoms with Crippen molar-refractivity contribution < 1.29 is 27.9 Å². The van der Waals surface area contributed by atoms with Gasteiger partial charge in [0.25, 0.3) is 5.91 Å². The number of nitrogens with zero attached hydrogens (tertiary/aromatic N) is 3. The number of sulfonamides is 1. The van der Waals surface area contributed by atoms with Crippen molar-refractivity contribution in [2.45, 2.75) is 23.7 Å². The van der Waals surface area contributed by atoms with Crippen molar-refractivity contribution in [1.82, 2.24) is 19.4 Å². The highest BCUT2D eigenvalue weighted by Gasteiger charge is 2.36. The van der Waals surface area contributed by atoms with Gasteiger partial charge in [0.2, 0.25) is 10.0 Å². The van der Waals surface area contributed by atoms with E-state index in [4.69, 9.17) is 27.9 Å². The summed E-state index contributed by atoms with van der Waals surface area (Å²) in [6.07, 6.45) is 4.20. The maximum atomic E-state index is 13.6. The van der Waals surface area contributed by atoms with Crippen LogP contribution in [0.1, 0.15) is 33.8 Å². The van der Waals surface area contributed by atoms with Gasteiger partial charge in [-0.3, -0.25) is 14.3 Å². The highest BCUT2D eigenvalue weighted by atomic mass is 35.5. The second kappa shape index (κ2) is 12.0. The standard InChI is InChI=1S/C26H28Cl2N4O6S/c1-31-13-19(12-29-31)17-9-18(26(34)35)15-32(14-17)25(33)21-10-24(23(28)11-22(21)27)39(36,37)30-8-7-16-3-5-20(38-2)6-4-16/h3-6,10-13,17-18,30H,7-9,14-15H2,1-2H3,(H,34,35). The molecular formula is C26H28Cl2N4O6S. The molecule has 208 valence electrons. The molecule has 1 aliphatic heterocycles. The van der Waals surface area contributed by atoms with Gasteiger partial charge < -0.3 is 14.7 Å². The van der Waals surface area contributed by atoms with Gasteiger partial charge in [0.15, 0.2) is 0 Å². The molecule has 2 unspecified atom stereocenters. The van der Waals surface area contributed by atoms with Crippen LogP contribution in [-0.4, -0.2) is 66.8 Å². The summed E-state index contributed by atoms with van der Waals surface area (Å²) in [6, 6.07) is 9.60. The van der Waals surface area contributed by atoms with Gasteiger partial charge in [0, 0.05) is 38.8 Å². The Morgan fingerprint density at radius 3 is 2.49 bits per heavy atom. The molecule has 3 aromatic rings. The Kier molecular flexibility index (Phi) is 8.85. The third kappa shape index (κ3) is 6.73. The molecule has 0 bridgehead atoms. The van der Waals surface area contributed by atoms with Gasteiger partial charge in [-0.15, -0.1) is 0 Å². The molecule has 1 aromatic heterocycles. The first kappa shape index (κ1) is 28.9. The van der Waals surface area contributed by atoms with Gasteiger partial charge in [-0.2, -0.15) is 5.10 Å². The summed E-state index contributed by atoms with van der Waals surface area (Å²) in [7, 11) is -0.777. The van der Waals surface area contributed by atoms with Crippen molar-refractivity contribution in [2.75, 3.05) is 26.7 Å². The van der Waals surface area contributed by atoms with Gasteiger partial charge in [-0.05, 0) is 48.2 Å². The lowest BCUT2D eigenvalue weighted by Gasteiger charge is -2.36. The summed E-state index contributed by atoms with van der Waals surface area (Å²) in [6.45, 7) is 0.289. The number of methoxy groups -OCH3 is 1. The zero-order valence-corrected chi connectivity index (χ0v) is 23.6. The van der Waals surface area contributed by atoms with Gasteiger partial charge in [0.1, 0.15) is 10.6 Å². The van der Waals surface area contributed by atoms with E-state index >= 15 is 0 Å². The SMILES string of the molecule is COc1ccc(CCNS(=O)(=O)c2cc(C(=O)N3CC(C(=O)O)CC(c4cnn(C)c4)C3)c(Cl)cc2Cl)cc1. The number of aryl methyl sites for hydroxylation is 1. The number of likely N-dealkylation sites (tertiary alicyclic amines) is 1. The van der Waals surface area contributed by atoms with Crippen molar-refractivity contribution in [3.8, 4) is 5.75 Å². The molecule has 0 radical (unpaired) electrons. The lowest BCUT2D eigenvalue weighted by atomic mass is 9.85. The van der Waals surface area contributed by atoms with Crippen LogP contribution in [-0.2, 0) is 28.3 Å². The first-order chi connectivity index (χ1) is 18.5. The third-order valence-corrected chi connectivity index (χ3v) is 8.93. The van der Waals surface area contributed by atoms with Crippen molar-refractivity contribution >= 4 is 45.1 Å². The van der Waals surface area contributed by atoms with Gasteiger partial charge in [0.05, 0.1) is 34.8 Å². The number of benzene rings is 2. The van der Waals surface area contributed by atoms with E-state index in [0.717, 1.165) is 17.2 Å². The van der Waals surface area contributed by atoms with Crippen molar-refractivity contribution in [3.05, 3.63) is 75.5 Å². The molecule has 0 spiro atoms. The number of aliphatic carboxylic acids is 1. The normalized spacial score (nSPS) is 17.7. The molecule has 0 aliphatic carbocycles. The molecule has 1 saturated heterocycles. The van der Waals surface area contributed by atoms with Crippen molar-refractivity contribution in [2.24, 2.45) is 13.0 Å². The summed E-state index contributed by atoms with van der Waals surface area (Å²) >= 11 is 12.6. The third-order valence-electron chi connectivity index (χ3n) is 6.69. The number of hydrogen-bond acceptors (Lipinski definition) is 6. The number of carboxylic acid groups (broad SMARTS) is 1. The smallest absolute Gasteiger partial charge is 0.308 e. The minimum atomic E-state index is -4.09. The molecule has 0 saturated carbocycles. The van der Waals surface area contributed by atoms with E-state index in [2.05, 4.69) is 9.82 Å². The number of aromatic nitrogens is 2. The predicted octanol–water partition coefficient (Wildman–Crippen LogP) is 3.59. The fourth-order valence-electron chi connectivity index (χ4n) is 4.61. The van der Waals surface area contributed by atoms with E-state index in [0.29, 0.717) is 18.6 Å². The lowest BCUT2D eigenvalue weighted by Crippen LogP contribution is -2.45. The molecule has 1 aliphatic rings. The first-order valence-corrected chi connectivity index (χ1v) is 14.3. The van der Waals surface area contributed by atoms with Crippen LogP contribution in [0.15, 0.2) is 53.7 Å². The number of rotatable bonds is 9. The predicted molar refractivity (Wildman–Crippen MR) is 146 cm³/mol. The molecule has 1 amide bonds.